The molecule has 92 valence electrons. The van der Waals surface area contributed by atoms with Crippen LogP contribution >= 0.6 is 0 Å². The number of likely N-dealkylation sites (N-methyl/N-ethyl adjacent to an activating group) is 1. The zero-order chi connectivity index (χ0) is 11.6. The van der Waals surface area contributed by atoms with E-state index >= 15 is 0 Å². The molecule has 1 aliphatic carbocycles. The number of likely N-dealkylation sites (tertiary alicyclic amines) is 1. The molecule has 2 atom stereocenters. The molecule has 4 nitrogen and oxygen atoms in total. The molecule has 4 heteroatoms. The van der Waals surface area contributed by atoms with Gasteiger partial charge in [0.15, 0.2) is 0 Å². The first-order valence-corrected chi connectivity index (χ1v) is 6.25. The number of fused-ring (bicyclic) bond motifs is 1. The summed E-state index contributed by atoms with van der Waals surface area (Å²) >= 11 is 0. The predicted molar refractivity (Wildman–Crippen MR) is 62.0 cm³/mol. The molecule has 0 radical (unpaired) electrons. The molecule has 16 heavy (non-hydrogen) atoms. The van der Waals surface area contributed by atoms with Gasteiger partial charge in [-0.15, -0.1) is 0 Å². The fourth-order valence-electron chi connectivity index (χ4n) is 3.29. The summed E-state index contributed by atoms with van der Waals surface area (Å²) in [6.45, 7) is 2.25. The summed E-state index contributed by atoms with van der Waals surface area (Å²) in [5.74, 6) is 0.691. The summed E-state index contributed by atoms with van der Waals surface area (Å²) in [5.41, 5.74) is 0.0155. The van der Waals surface area contributed by atoms with Crippen LogP contribution in [0.1, 0.15) is 25.7 Å². The second kappa shape index (κ2) is 4.72. The van der Waals surface area contributed by atoms with E-state index in [-0.39, 0.29) is 17.9 Å². The van der Waals surface area contributed by atoms with Gasteiger partial charge >= 0.3 is 0 Å². The first-order valence-electron chi connectivity index (χ1n) is 6.25. The number of carbonyl (C=O) groups excluding carboxylic acids is 1. The van der Waals surface area contributed by atoms with Crippen LogP contribution in [0.25, 0.3) is 0 Å². The van der Waals surface area contributed by atoms with Gasteiger partial charge in [0.25, 0.3) is 0 Å². The van der Waals surface area contributed by atoms with Crippen molar-refractivity contribution in [1.82, 2.24) is 10.2 Å². The van der Waals surface area contributed by atoms with Gasteiger partial charge in [0.1, 0.15) is 0 Å². The lowest BCUT2D eigenvalue weighted by Crippen LogP contribution is -2.39. The summed E-state index contributed by atoms with van der Waals surface area (Å²) in [6.07, 6.45) is 4.70. The molecule has 2 N–H and O–H groups in total. The average molecular weight is 226 g/mol. The third-order valence-electron chi connectivity index (χ3n) is 4.29. The van der Waals surface area contributed by atoms with Crippen LogP contribution in [0.4, 0.5) is 0 Å². The van der Waals surface area contributed by atoms with Gasteiger partial charge in [-0.05, 0) is 25.8 Å². The van der Waals surface area contributed by atoms with E-state index < -0.39 is 0 Å². The Balaban J connectivity index is 2.04. The molecular weight excluding hydrogens is 204 g/mol. The number of carbonyl (C=O) groups is 1. The van der Waals surface area contributed by atoms with Crippen LogP contribution < -0.4 is 5.32 Å². The normalized spacial score (nSPS) is 33.9. The highest BCUT2D eigenvalue weighted by Crippen LogP contribution is 2.46. The highest BCUT2D eigenvalue weighted by Gasteiger charge is 2.48. The van der Waals surface area contributed by atoms with E-state index in [0.717, 1.165) is 19.5 Å². The Morgan fingerprint density at radius 3 is 3.00 bits per heavy atom. The Bertz CT molecular complexity index is 270. The average Bonchev–Trinajstić information content (AvgIpc) is 2.69. The van der Waals surface area contributed by atoms with Crippen LogP contribution in [0.2, 0.25) is 0 Å². The first-order chi connectivity index (χ1) is 7.72. The van der Waals surface area contributed by atoms with Crippen LogP contribution in [0.5, 0.6) is 0 Å². The Morgan fingerprint density at radius 1 is 1.56 bits per heavy atom. The SMILES string of the molecule is CNCC(=O)N1C[C@H]2CCCC[C@@]2(CO)C1. The van der Waals surface area contributed by atoms with Crippen molar-refractivity contribution in [3.63, 3.8) is 0 Å². The standard InChI is InChI=1S/C12H22N2O2/c1-13-6-11(16)14-7-10-4-2-3-5-12(10,8-14)9-15/h10,13,15H,2-9H2,1H3/t10-,12+/m1/s1. The third kappa shape index (κ3) is 1.96. The van der Waals surface area contributed by atoms with Gasteiger partial charge in [-0.25, -0.2) is 0 Å². The number of aliphatic hydroxyl groups is 1. The lowest BCUT2D eigenvalue weighted by atomic mass is 9.69. The van der Waals surface area contributed by atoms with E-state index in [9.17, 15) is 9.90 Å². The zero-order valence-corrected chi connectivity index (χ0v) is 10.0. The van der Waals surface area contributed by atoms with Crippen molar-refractivity contribution in [3.8, 4) is 0 Å². The molecule has 0 unspecified atom stereocenters. The fourth-order valence-corrected chi connectivity index (χ4v) is 3.29. The quantitative estimate of drug-likeness (QED) is 0.723. The maximum Gasteiger partial charge on any atom is 0.236 e. The van der Waals surface area contributed by atoms with Crippen molar-refractivity contribution in [3.05, 3.63) is 0 Å². The minimum absolute atomic E-state index is 0.0155. The molecule has 0 spiro atoms. The van der Waals surface area contributed by atoms with Crippen LogP contribution in [0.3, 0.4) is 0 Å². The largest absolute Gasteiger partial charge is 0.396 e. The molecule has 2 aliphatic rings. The smallest absolute Gasteiger partial charge is 0.236 e. The minimum Gasteiger partial charge on any atom is -0.396 e. The third-order valence-corrected chi connectivity index (χ3v) is 4.29. The molecule has 0 aromatic rings. The molecule has 1 saturated heterocycles. The summed E-state index contributed by atoms with van der Waals surface area (Å²) in [7, 11) is 1.79. The van der Waals surface area contributed by atoms with Crippen LogP contribution in [-0.2, 0) is 4.79 Å². The summed E-state index contributed by atoms with van der Waals surface area (Å²) in [6, 6.07) is 0. The van der Waals surface area contributed by atoms with Gasteiger partial charge in [0.2, 0.25) is 5.91 Å². The molecule has 2 rings (SSSR count). The summed E-state index contributed by atoms with van der Waals surface area (Å²) in [5, 5.41) is 12.5. The van der Waals surface area contributed by atoms with Crippen molar-refractivity contribution in [2.24, 2.45) is 11.3 Å². The number of hydrogen-bond donors (Lipinski definition) is 2. The van der Waals surface area contributed by atoms with E-state index in [1.165, 1.54) is 19.3 Å². The van der Waals surface area contributed by atoms with Gasteiger partial charge in [0, 0.05) is 18.5 Å². The number of amides is 1. The molecule has 1 saturated carbocycles. The van der Waals surface area contributed by atoms with Crippen molar-refractivity contribution >= 4 is 5.91 Å². The molecule has 2 fully saturated rings. The highest BCUT2D eigenvalue weighted by atomic mass is 16.3. The highest BCUT2D eigenvalue weighted by molar-refractivity contribution is 5.78. The van der Waals surface area contributed by atoms with Crippen molar-refractivity contribution in [1.29, 1.82) is 0 Å². The van der Waals surface area contributed by atoms with Crippen LogP contribution in [-0.4, -0.2) is 49.2 Å². The molecule has 0 bridgehead atoms. The van der Waals surface area contributed by atoms with Crippen molar-refractivity contribution in [2.45, 2.75) is 25.7 Å². The molecule has 1 aliphatic heterocycles. The number of hydrogen-bond acceptors (Lipinski definition) is 3. The predicted octanol–water partition coefficient (Wildman–Crippen LogP) is 0.217. The van der Waals surface area contributed by atoms with Gasteiger partial charge in [-0.2, -0.15) is 0 Å². The number of nitrogens with one attached hydrogen (secondary N) is 1. The lowest BCUT2D eigenvalue weighted by Gasteiger charge is -2.36. The Labute approximate surface area is 97.0 Å². The molecule has 0 aromatic carbocycles. The molecule has 1 heterocycles. The zero-order valence-electron chi connectivity index (χ0n) is 10.0. The Hall–Kier alpha value is -0.610. The van der Waals surface area contributed by atoms with E-state index in [1.54, 1.807) is 7.05 Å². The maximum atomic E-state index is 11.8. The van der Waals surface area contributed by atoms with E-state index in [4.69, 9.17) is 0 Å². The first kappa shape index (κ1) is 11.9. The number of nitrogens with zero attached hydrogens (tertiary/aromatic N) is 1. The van der Waals surface area contributed by atoms with Gasteiger partial charge in [0.05, 0.1) is 13.2 Å². The number of aliphatic hydroxyl groups excluding tert-OH is 1. The van der Waals surface area contributed by atoms with Gasteiger partial charge < -0.3 is 15.3 Å². The van der Waals surface area contributed by atoms with E-state index in [2.05, 4.69) is 5.32 Å². The maximum absolute atomic E-state index is 11.8. The monoisotopic (exact) mass is 226 g/mol. The summed E-state index contributed by atoms with van der Waals surface area (Å²) < 4.78 is 0. The second-order valence-electron chi connectivity index (χ2n) is 5.27. The summed E-state index contributed by atoms with van der Waals surface area (Å²) in [4.78, 5) is 13.8. The van der Waals surface area contributed by atoms with E-state index in [0.29, 0.717) is 12.5 Å². The Morgan fingerprint density at radius 2 is 2.38 bits per heavy atom. The fraction of sp³-hybridized carbons (Fsp3) is 0.917. The van der Waals surface area contributed by atoms with Crippen molar-refractivity contribution in [2.75, 3.05) is 33.3 Å². The second-order valence-corrected chi connectivity index (χ2v) is 5.27. The van der Waals surface area contributed by atoms with Gasteiger partial charge in [-0.1, -0.05) is 12.8 Å². The van der Waals surface area contributed by atoms with Gasteiger partial charge in [-0.3, -0.25) is 4.79 Å². The molecule has 0 aromatic heterocycles. The molecule has 1 amide bonds. The lowest BCUT2D eigenvalue weighted by molar-refractivity contribution is -0.129. The van der Waals surface area contributed by atoms with Crippen LogP contribution in [0, 0.1) is 11.3 Å². The van der Waals surface area contributed by atoms with E-state index in [1.807, 2.05) is 4.90 Å². The molecular formula is C12H22N2O2. The minimum atomic E-state index is 0.0155. The Kier molecular flexibility index (Phi) is 3.50. The van der Waals surface area contributed by atoms with Crippen molar-refractivity contribution < 1.29 is 9.90 Å². The number of rotatable bonds is 3. The van der Waals surface area contributed by atoms with Crippen LogP contribution in [0.15, 0.2) is 0 Å². The topological polar surface area (TPSA) is 52.6 Å².